The van der Waals surface area contributed by atoms with Crippen molar-refractivity contribution in [3.63, 3.8) is 0 Å². The average molecular weight is 511 g/mol. The summed E-state index contributed by atoms with van der Waals surface area (Å²) in [6.07, 6.45) is 4.55. The van der Waals surface area contributed by atoms with Gasteiger partial charge in [0.25, 0.3) is 10.0 Å². The Morgan fingerprint density at radius 2 is 1.81 bits per heavy atom. The van der Waals surface area contributed by atoms with E-state index in [1.807, 2.05) is 28.7 Å². The predicted molar refractivity (Wildman–Crippen MR) is 137 cm³/mol. The van der Waals surface area contributed by atoms with Crippen LogP contribution in [0, 0.1) is 5.82 Å². The number of amides is 1. The van der Waals surface area contributed by atoms with E-state index in [1.165, 1.54) is 30.7 Å². The van der Waals surface area contributed by atoms with Gasteiger partial charge in [-0.3, -0.25) is 9.52 Å². The molecule has 1 atom stereocenters. The Morgan fingerprint density at radius 3 is 2.50 bits per heavy atom. The van der Waals surface area contributed by atoms with Crippen molar-refractivity contribution in [1.82, 2.24) is 19.4 Å². The van der Waals surface area contributed by atoms with Crippen LogP contribution in [0.4, 0.5) is 15.9 Å². The van der Waals surface area contributed by atoms with E-state index in [9.17, 15) is 17.6 Å². The summed E-state index contributed by atoms with van der Waals surface area (Å²) in [5.41, 5.74) is 1.57. The molecule has 0 spiro atoms. The minimum atomic E-state index is -3.77. The first-order valence-corrected chi connectivity index (χ1v) is 13.0. The summed E-state index contributed by atoms with van der Waals surface area (Å²) in [7, 11) is -3.77. The molecule has 3 heterocycles. The Hall–Kier alpha value is -3.99. The van der Waals surface area contributed by atoms with E-state index in [2.05, 4.69) is 19.6 Å². The van der Waals surface area contributed by atoms with Gasteiger partial charge in [-0.05, 0) is 66.9 Å². The maximum atomic E-state index is 13.7. The fourth-order valence-corrected chi connectivity index (χ4v) is 5.42. The third-order valence-corrected chi connectivity index (χ3v) is 7.76. The standard InChI is InChI=1S/C25H25FN6O3S.H2/c1-18(32-11-9-19-2-3-20(26)16-23(19)32)25(33)31-14-12-30(13-15-31)21-4-6-22(7-5-21)36(34,35)29-24-8-10-27-17-28-24;/h2-11,16-18H,12-15H2,1H3,(H,27,28,29);1H. The van der Waals surface area contributed by atoms with Gasteiger partial charge in [-0.25, -0.2) is 22.8 Å². The van der Waals surface area contributed by atoms with E-state index >= 15 is 0 Å². The molecule has 2 aromatic heterocycles. The lowest BCUT2D eigenvalue weighted by atomic mass is 10.2. The van der Waals surface area contributed by atoms with Gasteiger partial charge in [0.05, 0.1) is 10.4 Å². The van der Waals surface area contributed by atoms with Gasteiger partial charge >= 0.3 is 0 Å². The van der Waals surface area contributed by atoms with Crippen LogP contribution in [-0.4, -0.2) is 59.9 Å². The summed E-state index contributed by atoms with van der Waals surface area (Å²) in [5.74, 6) is -0.157. The molecule has 0 saturated carbocycles. The molecular weight excluding hydrogens is 483 g/mol. The second kappa shape index (κ2) is 9.57. The molecule has 188 valence electrons. The van der Waals surface area contributed by atoms with Gasteiger partial charge in [0, 0.05) is 45.7 Å². The maximum absolute atomic E-state index is 13.7. The molecule has 1 unspecified atom stereocenters. The van der Waals surface area contributed by atoms with E-state index in [0.717, 1.165) is 11.1 Å². The summed E-state index contributed by atoms with van der Waals surface area (Å²) in [4.78, 5) is 24.9. The van der Waals surface area contributed by atoms with E-state index in [-0.39, 0.29) is 23.9 Å². The number of benzene rings is 2. The SMILES string of the molecule is CC(C(=O)N1CCN(c2ccc(S(=O)(=O)Nc3ccncn3)cc2)CC1)n1ccc2ccc(F)cc21.[HH]. The number of carbonyl (C=O) groups excluding carboxylic acids is 1. The minimum absolute atomic E-state index is 0. The second-order valence-electron chi connectivity index (χ2n) is 8.61. The lowest BCUT2D eigenvalue weighted by Crippen LogP contribution is -2.50. The molecule has 1 aliphatic heterocycles. The summed E-state index contributed by atoms with van der Waals surface area (Å²) in [6.45, 7) is 4.13. The van der Waals surface area contributed by atoms with Crippen LogP contribution < -0.4 is 9.62 Å². The van der Waals surface area contributed by atoms with Crippen molar-refractivity contribution < 1.29 is 19.0 Å². The van der Waals surface area contributed by atoms with Crippen LogP contribution in [0.25, 0.3) is 10.9 Å². The quantitative estimate of drug-likeness (QED) is 0.426. The molecule has 1 saturated heterocycles. The highest BCUT2D eigenvalue weighted by Crippen LogP contribution is 2.24. The molecule has 0 radical (unpaired) electrons. The molecule has 36 heavy (non-hydrogen) atoms. The van der Waals surface area contributed by atoms with Gasteiger partial charge in [-0.15, -0.1) is 0 Å². The molecule has 11 heteroatoms. The van der Waals surface area contributed by atoms with Crippen LogP contribution in [0.3, 0.4) is 0 Å². The molecule has 2 aromatic carbocycles. The zero-order valence-corrected chi connectivity index (χ0v) is 20.4. The van der Waals surface area contributed by atoms with Gasteiger partial charge < -0.3 is 14.4 Å². The Labute approximate surface area is 209 Å². The number of hydrogen-bond donors (Lipinski definition) is 1. The Balaban J connectivity index is 0.00000320. The third kappa shape index (κ3) is 4.74. The molecular formula is C25H27FN6O3S. The molecule has 1 aliphatic rings. The molecule has 1 fully saturated rings. The first kappa shape index (κ1) is 23.7. The minimum Gasteiger partial charge on any atom is -0.368 e. The summed E-state index contributed by atoms with van der Waals surface area (Å²) in [6, 6.07) is 14.1. The van der Waals surface area contributed by atoms with Gasteiger partial charge in [0.15, 0.2) is 0 Å². The first-order chi connectivity index (χ1) is 17.3. The van der Waals surface area contributed by atoms with Crippen molar-refractivity contribution in [2.45, 2.75) is 17.9 Å². The van der Waals surface area contributed by atoms with Crippen LogP contribution in [0.1, 0.15) is 14.4 Å². The second-order valence-corrected chi connectivity index (χ2v) is 10.3. The molecule has 9 nitrogen and oxygen atoms in total. The molecule has 5 rings (SSSR count). The smallest absolute Gasteiger partial charge is 0.263 e. The Kier molecular flexibility index (Phi) is 6.31. The van der Waals surface area contributed by atoms with Crippen molar-refractivity contribution in [2.24, 2.45) is 0 Å². The summed E-state index contributed by atoms with van der Waals surface area (Å²) < 4.78 is 43.2. The Morgan fingerprint density at radius 1 is 1.06 bits per heavy atom. The van der Waals surface area contributed by atoms with Crippen molar-refractivity contribution in [2.75, 3.05) is 35.8 Å². The fourth-order valence-electron chi connectivity index (χ4n) is 4.41. The fraction of sp³-hybridized carbons (Fsp3) is 0.240. The van der Waals surface area contributed by atoms with E-state index in [4.69, 9.17) is 0 Å². The lowest BCUT2D eigenvalue weighted by molar-refractivity contribution is -0.134. The number of sulfonamides is 1. The number of carbonyl (C=O) groups is 1. The maximum Gasteiger partial charge on any atom is 0.263 e. The van der Waals surface area contributed by atoms with Crippen molar-refractivity contribution >= 4 is 38.3 Å². The number of rotatable bonds is 6. The number of anilines is 2. The molecule has 1 N–H and O–H groups in total. The number of halogens is 1. The molecule has 4 aromatic rings. The van der Waals surface area contributed by atoms with Crippen LogP contribution in [0.15, 0.2) is 78.2 Å². The summed E-state index contributed by atoms with van der Waals surface area (Å²) >= 11 is 0. The van der Waals surface area contributed by atoms with Crippen LogP contribution in [0.5, 0.6) is 0 Å². The zero-order chi connectivity index (χ0) is 25.3. The number of fused-ring (bicyclic) bond motifs is 1. The highest BCUT2D eigenvalue weighted by Gasteiger charge is 2.27. The first-order valence-electron chi connectivity index (χ1n) is 11.5. The highest BCUT2D eigenvalue weighted by atomic mass is 32.2. The van der Waals surface area contributed by atoms with Gasteiger partial charge in [0.1, 0.15) is 24.0 Å². The van der Waals surface area contributed by atoms with Gasteiger partial charge in [-0.1, -0.05) is 0 Å². The predicted octanol–water partition coefficient (Wildman–Crippen LogP) is 3.53. The lowest BCUT2D eigenvalue weighted by Gasteiger charge is -2.37. The third-order valence-electron chi connectivity index (χ3n) is 6.38. The van der Waals surface area contributed by atoms with E-state index in [1.54, 1.807) is 30.3 Å². The Bertz CT molecular complexity index is 1490. The van der Waals surface area contributed by atoms with Crippen molar-refractivity contribution in [3.8, 4) is 0 Å². The van der Waals surface area contributed by atoms with Crippen molar-refractivity contribution in [1.29, 1.82) is 0 Å². The van der Waals surface area contributed by atoms with Gasteiger partial charge in [0.2, 0.25) is 5.91 Å². The van der Waals surface area contributed by atoms with E-state index < -0.39 is 16.1 Å². The largest absolute Gasteiger partial charge is 0.368 e. The molecule has 1 amide bonds. The van der Waals surface area contributed by atoms with Crippen LogP contribution in [0.2, 0.25) is 0 Å². The average Bonchev–Trinajstić information content (AvgIpc) is 3.31. The summed E-state index contributed by atoms with van der Waals surface area (Å²) in [5, 5.41) is 0.888. The van der Waals surface area contributed by atoms with Gasteiger partial charge in [-0.2, -0.15) is 0 Å². The monoisotopic (exact) mass is 510 g/mol. The van der Waals surface area contributed by atoms with E-state index in [0.29, 0.717) is 31.7 Å². The molecule has 0 aliphatic carbocycles. The number of hydrogen-bond acceptors (Lipinski definition) is 6. The topological polar surface area (TPSA) is 100 Å². The normalized spacial score (nSPS) is 15.2. The zero-order valence-electron chi connectivity index (χ0n) is 19.6. The molecule has 0 bridgehead atoms. The number of nitrogens with one attached hydrogen (secondary N) is 1. The number of nitrogens with zero attached hydrogens (tertiary/aromatic N) is 5. The van der Waals surface area contributed by atoms with Crippen LogP contribution >= 0.6 is 0 Å². The van der Waals surface area contributed by atoms with Crippen LogP contribution in [-0.2, 0) is 14.8 Å². The highest BCUT2D eigenvalue weighted by molar-refractivity contribution is 7.92. The van der Waals surface area contributed by atoms with Crippen molar-refractivity contribution in [3.05, 3.63) is 79.1 Å². The number of piperazine rings is 1. The number of aromatic nitrogens is 3.